The van der Waals surface area contributed by atoms with E-state index in [-0.39, 0.29) is 5.91 Å². The molecule has 5 rings (SSSR count). The number of anilines is 1. The Morgan fingerprint density at radius 1 is 1.03 bits per heavy atom. The number of rotatable bonds is 3. The largest absolute Gasteiger partial charge is 0.368 e. The molecule has 1 saturated heterocycles. The third-order valence-corrected chi connectivity index (χ3v) is 6.80. The van der Waals surface area contributed by atoms with E-state index in [4.69, 9.17) is 4.52 Å². The minimum absolute atomic E-state index is 0.0112. The van der Waals surface area contributed by atoms with E-state index >= 15 is 0 Å². The minimum atomic E-state index is 0.0112. The van der Waals surface area contributed by atoms with Crippen LogP contribution in [0.2, 0.25) is 0 Å². The summed E-state index contributed by atoms with van der Waals surface area (Å²) in [6, 6.07) is 14.5. The Morgan fingerprint density at radius 3 is 2.55 bits per heavy atom. The maximum atomic E-state index is 13.6. The quantitative estimate of drug-likeness (QED) is 0.464. The van der Waals surface area contributed by atoms with Crippen molar-refractivity contribution < 1.29 is 9.32 Å². The molecule has 0 unspecified atom stereocenters. The van der Waals surface area contributed by atoms with Gasteiger partial charge in [0.15, 0.2) is 0 Å². The molecule has 0 bridgehead atoms. The predicted octanol–water partition coefficient (Wildman–Crippen LogP) is 4.84. The van der Waals surface area contributed by atoms with E-state index in [9.17, 15) is 4.79 Å². The molecule has 0 N–H and O–H groups in total. The summed E-state index contributed by atoms with van der Waals surface area (Å²) >= 11 is 1.66. The number of hydrogen-bond acceptors (Lipinski definition) is 6. The fourth-order valence-electron chi connectivity index (χ4n) is 4.12. The van der Waals surface area contributed by atoms with Gasteiger partial charge in [0, 0.05) is 36.7 Å². The molecule has 4 heterocycles. The van der Waals surface area contributed by atoms with Crippen LogP contribution in [0.4, 0.5) is 5.69 Å². The summed E-state index contributed by atoms with van der Waals surface area (Å²) in [5, 5.41) is 4.78. The molecule has 158 valence electrons. The lowest BCUT2D eigenvalue weighted by Gasteiger charge is -2.36. The Morgan fingerprint density at radius 2 is 1.84 bits per heavy atom. The summed E-state index contributed by atoms with van der Waals surface area (Å²) in [5.41, 5.74) is 4.94. The number of thiophene rings is 1. The highest BCUT2D eigenvalue weighted by Gasteiger charge is 2.26. The molecule has 4 aromatic rings. The van der Waals surface area contributed by atoms with Crippen molar-refractivity contribution in [3.05, 3.63) is 64.2 Å². The van der Waals surface area contributed by atoms with Crippen LogP contribution in [0.25, 0.3) is 21.7 Å². The van der Waals surface area contributed by atoms with Gasteiger partial charge in [-0.05, 0) is 56.7 Å². The van der Waals surface area contributed by atoms with Gasteiger partial charge in [0.25, 0.3) is 11.6 Å². The normalized spacial score (nSPS) is 14.4. The smallest absolute Gasteiger partial charge is 0.259 e. The summed E-state index contributed by atoms with van der Waals surface area (Å²) < 4.78 is 5.45. The van der Waals surface area contributed by atoms with Crippen LogP contribution in [-0.4, -0.2) is 47.1 Å². The number of aryl methyl sites for hydroxylation is 3. The number of amides is 1. The lowest BCUT2D eigenvalue weighted by molar-refractivity contribution is 0.0748. The van der Waals surface area contributed by atoms with E-state index < -0.39 is 0 Å². The first-order valence-electron chi connectivity index (χ1n) is 10.4. The van der Waals surface area contributed by atoms with Crippen molar-refractivity contribution in [2.45, 2.75) is 20.8 Å². The van der Waals surface area contributed by atoms with Crippen LogP contribution in [0.3, 0.4) is 0 Å². The van der Waals surface area contributed by atoms with Crippen molar-refractivity contribution >= 4 is 34.0 Å². The first-order valence-corrected chi connectivity index (χ1v) is 11.3. The third-order valence-electron chi connectivity index (χ3n) is 5.77. The predicted molar refractivity (Wildman–Crippen MR) is 124 cm³/mol. The third kappa shape index (κ3) is 3.70. The SMILES string of the molecule is Cc1cccc(N2CCN(C(=O)c3cc(-c4ccc(C)s4)nc4onc(C)c34)CC2)c1. The first kappa shape index (κ1) is 19.8. The summed E-state index contributed by atoms with van der Waals surface area (Å²) in [6.07, 6.45) is 0. The lowest BCUT2D eigenvalue weighted by atomic mass is 10.1. The van der Waals surface area contributed by atoms with Crippen molar-refractivity contribution in [1.82, 2.24) is 15.0 Å². The number of piperazine rings is 1. The Hall–Kier alpha value is -3.19. The maximum Gasteiger partial charge on any atom is 0.259 e. The van der Waals surface area contributed by atoms with E-state index in [0.717, 1.165) is 23.7 Å². The van der Waals surface area contributed by atoms with E-state index in [2.05, 4.69) is 59.2 Å². The highest BCUT2D eigenvalue weighted by molar-refractivity contribution is 7.15. The topological polar surface area (TPSA) is 62.5 Å². The zero-order valence-corrected chi connectivity index (χ0v) is 18.7. The van der Waals surface area contributed by atoms with Gasteiger partial charge in [-0.1, -0.05) is 17.3 Å². The van der Waals surface area contributed by atoms with Crippen molar-refractivity contribution in [2.75, 3.05) is 31.1 Å². The van der Waals surface area contributed by atoms with Gasteiger partial charge >= 0.3 is 0 Å². The van der Waals surface area contributed by atoms with Gasteiger partial charge in [0.2, 0.25) is 0 Å². The molecule has 1 amide bonds. The van der Waals surface area contributed by atoms with Crippen molar-refractivity contribution in [2.24, 2.45) is 0 Å². The average molecular weight is 433 g/mol. The second-order valence-electron chi connectivity index (χ2n) is 8.03. The van der Waals surface area contributed by atoms with E-state index in [0.29, 0.717) is 35.4 Å². The minimum Gasteiger partial charge on any atom is -0.368 e. The maximum absolute atomic E-state index is 13.6. The molecule has 6 nitrogen and oxygen atoms in total. The molecule has 0 saturated carbocycles. The number of fused-ring (bicyclic) bond motifs is 1. The number of aromatic nitrogens is 2. The van der Waals surface area contributed by atoms with Crippen LogP contribution < -0.4 is 4.90 Å². The van der Waals surface area contributed by atoms with Gasteiger partial charge in [-0.15, -0.1) is 11.3 Å². The molecular formula is C24H24N4O2S. The number of carbonyl (C=O) groups is 1. The van der Waals surface area contributed by atoms with Crippen molar-refractivity contribution in [1.29, 1.82) is 0 Å². The van der Waals surface area contributed by atoms with Crippen LogP contribution in [0, 0.1) is 20.8 Å². The molecule has 0 aliphatic carbocycles. The van der Waals surface area contributed by atoms with Crippen LogP contribution >= 0.6 is 11.3 Å². The molecule has 7 heteroatoms. The molecule has 1 aliphatic heterocycles. The zero-order chi connectivity index (χ0) is 21.5. The van der Waals surface area contributed by atoms with Gasteiger partial charge < -0.3 is 14.3 Å². The Labute approximate surface area is 185 Å². The molecule has 0 spiro atoms. The molecule has 0 atom stereocenters. The summed E-state index contributed by atoms with van der Waals surface area (Å²) in [5.74, 6) is 0.0112. The number of nitrogens with zero attached hydrogens (tertiary/aromatic N) is 4. The summed E-state index contributed by atoms with van der Waals surface area (Å²) in [6.45, 7) is 8.99. The standard InChI is InChI=1S/C24H24N4O2S/c1-15-5-4-6-18(13-15)27-9-11-28(12-10-27)24(29)19-14-20(21-8-7-16(2)31-21)25-23-22(19)17(3)26-30-23/h4-8,13-14H,9-12H2,1-3H3. The fourth-order valence-corrected chi connectivity index (χ4v) is 4.95. The molecule has 1 aromatic carbocycles. The fraction of sp³-hybridized carbons (Fsp3) is 0.292. The molecule has 31 heavy (non-hydrogen) atoms. The number of benzene rings is 1. The average Bonchev–Trinajstić information content (AvgIpc) is 3.38. The second-order valence-corrected chi connectivity index (χ2v) is 9.32. The highest BCUT2D eigenvalue weighted by atomic mass is 32.1. The van der Waals surface area contributed by atoms with Crippen LogP contribution in [-0.2, 0) is 0 Å². The van der Waals surface area contributed by atoms with Crippen LogP contribution in [0.1, 0.15) is 26.5 Å². The van der Waals surface area contributed by atoms with Gasteiger partial charge in [0.1, 0.15) is 0 Å². The summed E-state index contributed by atoms with van der Waals surface area (Å²) in [7, 11) is 0. The number of carbonyl (C=O) groups excluding carboxylic acids is 1. The van der Waals surface area contributed by atoms with Crippen LogP contribution in [0.15, 0.2) is 47.0 Å². The van der Waals surface area contributed by atoms with E-state index in [1.807, 2.05) is 24.0 Å². The Bertz CT molecular complexity index is 1270. The number of hydrogen-bond donors (Lipinski definition) is 0. The first-order chi connectivity index (χ1) is 15.0. The van der Waals surface area contributed by atoms with E-state index in [1.165, 1.54) is 16.1 Å². The monoisotopic (exact) mass is 432 g/mol. The molecule has 0 radical (unpaired) electrons. The second kappa shape index (κ2) is 7.81. The lowest BCUT2D eigenvalue weighted by Crippen LogP contribution is -2.48. The van der Waals surface area contributed by atoms with Gasteiger partial charge in [-0.25, -0.2) is 4.98 Å². The van der Waals surface area contributed by atoms with Crippen LogP contribution in [0.5, 0.6) is 0 Å². The van der Waals surface area contributed by atoms with E-state index in [1.54, 1.807) is 11.3 Å². The van der Waals surface area contributed by atoms with Gasteiger partial charge in [-0.3, -0.25) is 4.79 Å². The summed E-state index contributed by atoms with van der Waals surface area (Å²) in [4.78, 5) is 24.7. The zero-order valence-electron chi connectivity index (χ0n) is 17.9. The molecular weight excluding hydrogens is 408 g/mol. The Kier molecular flexibility index (Phi) is 4.98. The van der Waals surface area contributed by atoms with Gasteiger partial charge in [0.05, 0.1) is 27.2 Å². The molecule has 1 fully saturated rings. The highest BCUT2D eigenvalue weighted by Crippen LogP contribution is 2.32. The number of pyridine rings is 1. The Balaban J connectivity index is 1.44. The molecule has 1 aliphatic rings. The molecule has 3 aromatic heterocycles. The van der Waals surface area contributed by atoms with Crippen molar-refractivity contribution in [3.63, 3.8) is 0 Å². The van der Waals surface area contributed by atoms with Crippen molar-refractivity contribution in [3.8, 4) is 10.6 Å². The van der Waals surface area contributed by atoms with Gasteiger partial charge in [-0.2, -0.15) is 0 Å².